The van der Waals surface area contributed by atoms with Crippen molar-refractivity contribution in [1.82, 2.24) is 10.3 Å². The van der Waals surface area contributed by atoms with Crippen molar-refractivity contribution in [1.29, 1.82) is 0 Å². The average molecular weight is 262 g/mol. The molecule has 1 N–H and O–H groups in total. The number of halogens is 1. The molecule has 0 bridgehead atoms. The zero-order valence-corrected chi connectivity index (χ0v) is 10.4. The van der Waals surface area contributed by atoms with Crippen molar-refractivity contribution >= 4 is 17.5 Å². The van der Waals surface area contributed by atoms with Gasteiger partial charge in [0.05, 0.1) is 5.02 Å². The van der Waals surface area contributed by atoms with Gasteiger partial charge in [-0.25, -0.2) is 0 Å². The first-order valence-electron chi connectivity index (χ1n) is 5.22. The number of carbonyl (C=O) groups excluding carboxylic acids is 1. The van der Waals surface area contributed by atoms with Crippen LogP contribution in [-0.2, 0) is 0 Å². The van der Waals surface area contributed by atoms with Crippen molar-refractivity contribution in [3.63, 3.8) is 0 Å². The third-order valence-electron chi connectivity index (χ3n) is 2.16. The van der Waals surface area contributed by atoms with Gasteiger partial charge in [-0.3, -0.25) is 9.78 Å². The zero-order chi connectivity index (χ0) is 13.0. The molecule has 0 aliphatic heterocycles. The number of nitrogens with one attached hydrogen (secondary N) is 1. The first kappa shape index (κ1) is 12.4. The molecule has 2 rings (SSSR count). The van der Waals surface area contributed by atoms with Gasteiger partial charge < -0.3 is 10.1 Å². The van der Waals surface area contributed by atoms with Gasteiger partial charge >= 0.3 is 0 Å². The maximum Gasteiger partial charge on any atom is 0.269 e. The fourth-order valence-corrected chi connectivity index (χ4v) is 1.52. The average Bonchev–Trinajstić information content (AvgIpc) is 2.38. The second-order valence-corrected chi connectivity index (χ2v) is 3.84. The number of nitrogens with zero attached hydrogens (tertiary/aromatic N) is 1. The van der Waals surface area contributed by atoms with Crippen LogP contribution in [0.15, 0.2) is 36.5 Å². The van der Waals surface area contributed by atoms with E-state index in [0.717, 1.165) is 0 Å². The number of pyridine rings is 1. The van der Waals surface area contributed by atoms with Gasteiger partial charge in [-0.15, -0.1) is 0 Å². The van der Waals surface area contributed by atoms with Crippen molar-refractivity contribution in [3.8, 4) is 11.5 Å². The summed E-state index contributed by atoms with van der Waals surface area (Å²) in [6, 6.07) is 11.1. The lowest BCUT2D eigenvalue weighted by Crippen LogP contribution is -2.18. The molecule has 1 amide bonds. The highest BCUT2D eigenvalue weighted by molar-refractivity contribution is 6.30. The summed E-state index contributed by atoms with van der Waals surface area (Å²) < 4.78 is 5.57. The zero-order valence-electron chi connectivity index (χ0n) is 9.61. The molecule has 0 saturated heterocycles. The van der Waals surface area contributed by atoms with Gasteiger partial charge in [0.2, 0.25) is 0 Å². The van der Waals surface area contributed by atoms with Crippen LogP contribution >= 0.6 is 11.6 Å². The van der Waals surface area contributed by atoms with E-state index in [0.29, 0.717) is 22.2 Å². The van der Waals surface area contributed by atoms with Gasteiger partial charge in [0.1, 0.15) is 17.2 Å². The molecule has 0 aliphatic rings. The fourth-order valence-electron chi connectivity index (χ4n) is 1.34. The largest absolute Gasteiger partial charge is 0.457 e. The maximum atomic E-state index is 11.4. The second kappa shape index (κ2) is 5.51. The Balaban J connectivity index is 2.22. The molecule has 0 saturated carbocycles. The summed E-state index contributed by atoms with van der Waals surface area (Å²) in [5.41, 5.74) is 0.295. The fraction of sp³-hybridized carbons (Fsp3) is 0.0769. The van der Waals surface area contributed by atoms with Crippen LogP contribution in [0.5, 0.6) is 11.5 Å². The molecule has 1 aromatic heterocycles. The van der Waals surface area contributed by atoms with Crippen LogP contribution in [0.1, 0.15) is 10.5 Å². The van der Waals surface area contributed by atoms with Gasteiger partial charge in [-0.2, -0.15) is 0 Å². The highest BCUT2D eigenvalue weighted by Crippen LogP contribution is 2.23. The molecule has 1 aromatic carbocycles. The Hall–Kier alpha value is -2.07. The van der Waals surface area contributed by atoms with Crippen LogP contribution in [0.2, 0.25) is 5.02 Å². The molecule has 5 heteroatoms. The summed E-state index contributed by atoms with van der Waals surface area (Å²) in [4.78, 5) is 15.4. The van der Waals surface area contributed by atoms with Crippen molar-refractivity contribution < 1.29 is 9.53 Å². The van der Waals surface area contributed by atoms with E-state index < -0.39 is 0 Å². The van der Waals surface area contributed by atoms with Crippen molar-refractivity contribution in [3.05, 3.63) is 53.3 Å². The Labute approximate surface area is 110 Å². The number of amides is 1. The highest BCUT2D eigenvalue weighted by Gasteiger charge is 2.06. The lowest BCUT2D eigenvalue weighted by molar-refractivity contribution is 0.0958. The van der Waals surface area contributed by atoms with Crippen molar-refractivity contribution in [2.24, 2.45) is 0 Å². The minimum absolute atomic E-state index is 0.264. The van der Waals surface area contributed by atoms with E-state index >= 15 is 0 Å². The van der Waals surface area contributed by atoms with Crippen molar-refractivity contribution in [2.75, 3.05) is 7.05 Å². The molecular weight excluding hydrogens is 252 g/mol. The monoisotopic (exact) mass is 261 g/mol. The van der Waals surface area contributed by atoms with E-state index in [4.69, 9.17) is 16.3 Å². The van der Waals surface area contributed by atoms with Crippen LogP contribution < -0.4 is 10.1 Å². The molecule has 2 aromatic rings. The highest BCUT2D eigenvalue weighted by atomic mass is 35.5. The van der Waals surface area contributed by atoms with Gasteiger partial charge in [0.25, 0.3) is 5.91 Å². The molecule has 0 unspecified atom stereocenters. The summed E-state index contributed by atoms with van der Waals surface area (Å²) in [5, 5.41) is 2.96. The molecule has 1 radical (unpaired) electrons. The number of hydrogen-bond donors (Lipinski definition) is 1. The van der Waals surface area contributed by atoms with Crippen LogP contribution in [0.25, 0.3) is 0 Å². The van der Waals surface area contributed by atoms with Gasteiger partial charge in [-0.05, 0) is 18.2 Å². The number of aromatic nitrogens is 1. The Kier molecular flexibility index (Phi) is 3.79. The van der Waals surface area contributed by atoms with Crippen LogP contribution in [0.3, 0.4) is 0 Å². The smallest absolute Gasteiger partial charge is 0.269 e. The summed E-state index contributed by atoms with van der Waals surface area (Å²) in [6.07, 6.45) is 1.51. The molecular formula is C13H10ClN2O2. The minimum Gasteiger partial charge on any atom is -0.457 e. The van der Waals surface area contributed by atoms with E-state index in [2.05, 4.69) is 16.4 Å². The molecule has 4 nitrogen and oxygen atoms in total. The first-order chi connectivity index (χ1) is 8.69. The maximum absolute atomic E-state index is 11.4. The quantitative estimate of drug-likeness (QED) is 0.924. The lowest BCUT2D eigenvalue weighted by atomic mass is 10.3. The number of ether oxygens (including phenoxy) is 1. The summed E-state index contributed by atoms with van der Waals surface area (Å²) in [7, 11) is 1.55. The normalized spacial score (nSPS) is 9.89. The van der Waals surface area contributed by atoms with Crippen molar-refractivity contribution in [2.45, 2.75) is 0 Å². The van der Waals surface area contributed by atoms with Gasteiger partial charge in [0.15, 0.2) is 0 Å². The Morgan fingerprint density at radius 2 is 2.17 bits per heavy atom. The molecule has 0 aliphatic carbocycles. The Morgan fingerprint density at radius 3 is 2.89 bits per heavy atom. The van der Waals surface area contributed by atoms with E-state index in [9.17, 15) is 4.79 Å². The van der Waals surface area contributed by atoms with Gasteiger partial charge in [-0.1, -0.05) is 11.6 Å². The summed E-state index contributed by atoms with van der Waals surface area (Å²) in [5.74, 6) is 0.832. The predicted molar refractivity (Wildman–Crippen MR) is 68.0 cm³/mol. The molecule has 1 heterocycles. The second-order valence-electron chi connectivity index (χ2n) is 3.43. The molecule has 0 fully saturated rings. The first-order valence-corrected chi connectivity index (χ1v) is 5.60. The predicted octanol–water partition coefficient (Wildman–Crippen LogP) is 2.69. The molecule has 91 valence electrons. The third kappa shape index (κ3) is 2.99. The Bertz CT molecular complexity index is 572. The summed E-state index contributed by atoms with van der Waals surface area (Å²) >= 11 is 5.80. The topological polar surface area (TPSA) is 51.2 Å². The van der Waals surface area contributed by atoms with E-state index in [-0.39, 0.29) is 5.91 Å². The standard InChI is InChI=1S/C13H10ClN2O2/c1-15-13(17)12-8-11(5-6-16-12)18-10-4-2-3-9(14)7-10/h2,4-8H,1H3,(H,15,17). The number of hydrogen-bond acceptors (Lipinski definition) is 3. The minimum atomic E-state index is -0.264. The number of rotatable bonds is 3. The molecule has 18 heavy (non-hydrogen) atoms. The van der Waals surface area contributed by atoms with E-state index in [1.165, 1.54) is 6.20 Å². The molecule has 0 spiro atoms. The third-order valence-corrected chi connectivity index (χ3v) is 2.38. The number of benzene rings is 1. The van der Waals surface area contributed by atoms with E-state index in [1.807, 2.05) is 0 Å². The summed E-state index contributed by atoms with van der Waals surface area (Å²) in [6.45, 7) is 0. The van der Waals surface area contributed by atoms with Gasteiger partial charge in [0, 0.05) is 31.4 Å². The van der Waals surface area contributed by atoms with E-state index in [1.54, 1.807) is 37.4 Å². The van der Waals surface area contributed by atoms with Crippen LogP contribution in [-0.4, -0.2) is 17.9 Å². The Morgan fingerprint density at radius 1 is 1.39 bits per heavy atom. The molecule has 0 atom stereocenters. The van der Waals surface area contributed by atoms with Crippen LogP contribution in [0, 0.1) is 6.07 Å². The number of carbonyl (C=O) groups is 1. The SMILES string of the molecule is CNC(=O)c1cc(Oc2cc[c]c(Cl)c2)ccn1. The van der Waals surface area contributed by atoms with Crippen LogP contribution in [0.4, 0.5) is 0 Å². The lowest BCUT2D eigenvalue weighted by Gasteiger charge is -2.06.